The predicted octanol–water partition coefficient (Wildman–Crippen LogP) is 0.998. The second-order valence-electron chi connectivity index (χ2n) is 3.00. The summed E-state index contributed by atoms with van der Waals surface area (Å²) in [7, 11) is 0. The molecule has 1 aliphatic carbocycles. The Morgan fingerprint density at radius 1 is 1.43 bits per heavy atom. The Morgan fingerprint density at radius 3 is 2.86 bits per heavy atom. The van der Waals surface area contributed by atoms with Crippen LogP contribution in [0.4, 0.5) is 5.69 Å². The van der Waals surface area contributed by atoms with Crippen molar-refractivity contribution < 1.29 is 4.92 Å². The maximum atomic E-state index is 10.6. The summed E-state index contributed by atoms with van der Waals surface area (Å²) in [5, 5.41) is 12.2. The van der Waals surface area contributed by atoms with Crippen LogP contribution in [0.3, 0.4) is 0 Å². The number of fused-ring (bicyclic) bond motifs is 1. The SMILES string of the molecule is O=[N+]([O-])c1cnc2c(c1Cl)=CCCC=2. The van der Waals surface area contributed by atoms with Crippen molar-refractivity contribution in [1.29, 1.82) is 0 Å². The quantitative estimate of drug-likeness (QED) is 0.513. The minimum Gasteiger partial charge on any atom is -0.258 e. The highest BCUT2D eigenvalue weighted by Crippen LogP contribution is 2.17. The van der Waals surface area contributed by atoms with Gasteiger partial charge in [-0.05, 0) is 12.8 Å². The molecule has 0 amide bonds. The topological polar surface area (TPSA) is 56.0 Å². The van der Waals surface area contributed by atoms with Crippen LogP contribution in [-0.2, 0) is 0 Å². The number of aromatic nitrogens is 1. The Hall–Kier alpha value is -1.42. The zero-order chi connectivity index (χ0) is 10.1. The smallest absolute Gasteiger partial charge is 0.258 e. The molecule has 0 spiro atoms. The molecule has 1 aromatic heterocycles. The zero-order valence-electron chi connectivity index (χ0n) is 7.24. The summed E-state index contributed by atoms with van der Waals surface area (Å²) in [6.45, 7) is 0. The van der Waals surface area contributed by atoms with Crippen LogP contribution in [-0.4, -0.2) is 9.91 Å². The van der Waals surface area contributed by atoms with Gasteiger partial charge in [0.1, 0.15) is 11.2 Å². The molecule has 0 saturated heterocycles. The van der Waals surface area contributed by atoms with Gasteiger partial charge in [-0.1, -0.05) is 23.8 Å². The molecule has 0 unspecified atom stereocenters. The molecule has 1 heterocycles. The lowest BCUT2D eigenvalue weighted by molar-refractivity contribution is -0.385. The second-order valence-corrected chi connectivity index (χ2v) is 3.38. The Kier molecular flexibility index (Phi) is 2.21. The van der Waals surface area contributed by atoms with E-state index in [-0.39, 0.29) is 10.7 Å². The zero-order valence-corrected chi connectivity index (χ0v) is 7.99. The summed E-state index contributed by atoms with van der Waals surface area (Å²) >= 11 is 5.89. The number of hydrogen-bond acceptors (Lipinski definition) is 3. The standard InChI is InChI=1S/C9H7ClN2O2/c10-9-6-3-1-2-4-7(6)11-5-8(9)12(13)14/h3-5H,1-2H2. The van der Waals surface area contributed by atoms with Gasteiger partial charge in [-0.15, -0.1) is 0 Å². The van der Waals surface area contributed by atoms with Crippen LogP contribution in [0.25, 0.3) is 12.2 Å². The Morgan fingerprint density at radius 2 is 2.14 bits per heavy atom. The molecule has 5 heteroatoms. The normalized spacial score (nSPS) is 13.8. The van der Waals surface area contributed by atoms with Gasteiger partial charge in [-0.25, -0.2) is 4.98 Å². The first kappa shape index (κ1) is 9.15. The van der Waals surface area contributed by atoms with Gasteiger partial charge in [0.15, 0.2) is 0 Å². The largest absolute Gasteiger partial charge is 0.306 e. The van der Waals surface area contributed by atoms with Crippen molar-refractivity contribution in [3.05, 3.63) is 31.9 Å². The molecule has 0 N–H and O–H groups in total. The first-order valence-corrected chi connectivity index (χ1v) is 4.57. The molecule has 2 rings (SSSR count). The molecule has 0 aromatic carbocycles. The molecule has 14 heavy (non-hydrogen) atoms. The van der Waals surface area contributed by atoms with Crippen molar-refractivity contribution in [2.75, 3.05) is 0 Å². The van der Waals surface area contributed by atoms with Crippen LogP contribution in [0.1, 0.15) is 12.8 Å². The van der Waals surface area contributed by atoms with Crippen molar-refractivity contribution >= 4 is 29.4 Å². The highest BCUT2D eigenvalue weighted by atomic mass is 35.5. The van der Waals surface area contributed by atoms with E-state index in [9.17, 15) is 10.1 Å². The minimum absolute atomic E-state index is 0.128. The van der Waals surface area contributed by atoms with Crippen LogP contribution in [0.15, 0.2) is 6.20 Å². The first-order chi connectivity index (χ1) is 6.70. The van der Waals surface area contributed by atoms with E-state index < -0.39 is 4.92 Å². The van der Waals surface area contributed by atoms with Crippen LogP contribution in [0.2, 0.25) is 5.02 Å². The third-order valence-electron chi connectivity index (χ3n) is 2.11. The third kappa shape index (κ3) is 1.37. The average molecular weight is 211 g/mol. The molecule has 72 valence electrons. The predicted molar refractivity (Wildman–Crippen MR) is 53.3 cm³/mol. The van der Waals surface area contributed by atoms with Crippen LogP contribution >= 0.6 is 11.6 Å². The van der Waals surface area contributed by atoms with Gasteiger partial charge < -0.3 is 0 Å². The molecule has 0 saturated carbocycles. The molecule has 4 nitrogen and oxygen atoms in total. The number of rotatable bonds is 1. The Labute approximate surface area is 84.7 Å². The van der Waals surface area contributed by atoms with E-state index in [0.29, 0.717) is 5.22 Å². The number of nitro groups is 1. The molecule has 0 aliphatic heterocycles. The Bertz CT molecular complexity index is 510. The maximum absolute atomic E-state index is 10.6. The van der Waals surface area contributed by atoms with Crippen LogP contribution < -0.4 is 10.6 Å². The van der Waals surface area contributed by atoms with Crippen molar-refractivity contribution in [3.8, 4) is 0 Å². The van der Waals surface area contributed by atoms with E-state index in [4.69, 9.17) is 11.6 Å². The highest BCUT2D eigenvalue weighted by Gasteiger charge is 2.14. The summed E-state index contributed by atoms with van der Waals surface area (Å²) in [6, 6.07) is 0. The lowest BCUT2D eigenvalue weighted by Gasteiger charge is -2.01. The lowest BCUT2D eigenvalue weighted by atomic mass is 10.1. The summed E-state index contributed by atoms with van der Waals surface area (Å²) < 4.78 is 0. The van der Waals surface area contributed by atoms with E-state index >= 15 is 0 Å². The monoisotopic (exact) mass is 210 g/mol. The maximum Gasteiger partial charge on any atom is 0.306 e. The molecule has 0 fully saturated rings. The first-order valence-electron chi connectivity index (χ1n) is 4.19. The second kappa shape index (κ2) is 3.38. The van der Waals surface area contributed by atoms with Gasteiger partial charge in [0, 0.05) is 5.22 Å². The summed E-state index contributed by atoms with van der Waals surface area (Å²) in [5.74, 6) is 0. The van der Waals surface area contributed by atoms with Gasteiger partial charge in [0.05, 0.1) is 10.3 Å². The van der Waals surface area contributed by atoms with Gasteiger partial charge in [-0.2, -0.15) is 0 Å². The van der Waals surface area contributed by atoms with E-state index in [1.54, 1.807) is 0 Å². The molecule has 1 aliphatic rings. The highest BCUT2D eigenvalue weighted by molar-refractivity contribution is 6.32. The van der Waals surface area contributed by atoms with E-state index in [0.717, 1.165) is 18.2 Å². The number of pyridine rings is 1. The fourth-order valence-electron chi connectivity index (χ4n) is 1.44. The molecule has 1 aromatic rings. The van der Waals surface area contributed by atoms with E-state index in [1.807, 2.05) is 12.2 Å². The van der Waals surface area contributed by atoms with Crippen LogP contribution in [0.5, 0.6) is 0 Å². The van der Waals surface area contributed by atoms with Gasteiger partial charge in [0.2, 0.25) is 0 Å². The van der Waals surface area contributed by atoms with Gasteiger partial charge in [-0.3, -0.25) is 10.1 Å². The third-order valence-corrected chi connectivity index (χ3v) is 2.51. The van der Waals surface area contributed by atoms with Crippen LogP contribution in [0, 0.1) is 10.1 Å². The number of hydrogen-bond donors (Lipinski definition) is 0. The lowest BCUT2D eigenvalue weighted by Crippen LogP contribution is -2.31. The van der Waals surface area contributed by atoms with Crippen molar-refractivity contribution in [3.63, 3.8) is 0 Å². The number of halogens is 1. The van der Waals surface area contributed by atoms with Gasteiger partial charge in [0.25, 0.3) is 0 Å². The van der Waals surface area contributed by atoms with E-state index in [2.05, 4.69) is 4.98 Å². The van der Waals surface area contributed by atoms with Crippen molar-refractivity contribution in [1.82, 2.24) is 4.98 Å². The average Bonchev–Trinajstić information content (AvgIpc) is 2.18. The molecular formula is C9H7ClN2O2. The Balaban J connectivity index is 2.80. The van der Waals surface area contributed by atoms with Crippen molar-refractivity contribution in [2.45, 2.75) is 12.8 Å². The molecule has 0 atom stereocenters. The molecule has 0 bridgehead atoms. The van der Waals surface area contributed by atoms with Gasteiger partial charge >= 0.3 is 5.69 Å². The summed E-state index contributed by atoms with van der Waals surface area (Å²) in [4.78, 5) is 14.0. The minimum atomic E-state index is -0.516. The summed E-state index contributed by atoms with van der Waals surface area (Å²) in [5.41, 5.74) is -0.128. The molecular weight excluding hydrogens is 204 g/mol. The molecule has 0 radical (unpaired) electrons. The van der Waals surface area contributed by atoms with E-state index in [1.165, 1.54) is 6.20 Å². The number of nitrogens with zero attached hydrogens (tertiary/aromatic N) is 2. The van der Waals surface area contributed by atoms with Crippen molar-refractivity contribution in [2.24, 2.45) is 0 Å². The fraction of sp³-hybridized carbons (Fsp3) is 0.222. The fourth-order valence-corrected chi connectivity index (χ4v) is 1.73. The summed E-state index contributed by atoms with van der Waals surface area (Å²) in [6.07, 6.45) is 6.79.